The molecule has 30 heavy (non-hydrogen) atoms. The fourth-order valence-corrected chi connectivity index (χ4v) is 5.97. The van der Waals surface area contributed by atoms with Gasteiger partial charge in [0.25, 0.3) is 0 Å². The maximum Gasteiger partial charge on any atom is 0.232 e. The molecule has 1 aromatic heterocycles. The number of piperidine rings is 1. The van der Waals surface area contributed by atoms with E-state index in [0.717, 1.165) is 23.1 Å². The number of hydrogen-bond acceptors (Lipinski definition) is 7. The molecule has 2 aliphatic rings. The van der Waals surface area contributed by atoms with Crippen molar-refractivity contribution in [2.45, 2.75) is 31.8 Å². The van der Waals surface area contributed by atoms with Gasteiger partial charge in [-0.05, 0) is 37.8 Å². The second-order valence-electron chi connectivity index (χ2n) is 7.82. The molecule has 0 aliphatic carbocycles. The minimum Gasteiger partial charge on any atom is -0.494 e. The third-order valence-electron chi connectivity index (χ3n) is 5.77. The molecule has 10 heteroatoms. The summed E-state index contributed by atoms with van der Waals surface area (Å²) in [6, 6.07) is 5.74. The zero-order valence-electron chi connectivity index (χ0n) is 17.2. The van der Waals surface area contributed by atoms with Gasteiger partial charge in [0.05, 0.1) is 30.7 Å². The second-order valence-corrected chi connectivity index (χ2v) is 10.8. The van der Waals surface area contributed by atoms with Crippen molar-refractivity contribution in [1.29, 1.82) is 0 Å². The Bertz CT molecular complexity index is 1010. The van der Waals surface area contributed by atoms with Crippen LogP contribution in [0.4, 0.5) is 5.13 Å². The molecule has 0 spiro atoms. The van der Waals surface area contributed by atoms with Crippen molar-refractivity contribution in [3.05, 3.63) is 18.2 Å². The van der Waals surface area contributed by atoms with E-state index in [1.54, 1.807) is 12.0 Å². The summed E-state index contributed by atoms with van der Waals surface area (Å²) in [7, 11) is -1.62. The molecule has 2 saturated heterocycles. The lowest BCUT2D eigenvalue weighted by Crippen LogP contribution is -2.46. The molecule has 1 aromatic carbocycles. The molecule has 1 unspecified atom stereocenters. The highest BCUT2D eigenvalue weighted by Gasteiger charge is 2.34. The van der Waals surface area contributed by atoms with Crippen molar-refractivity contribution in [2.75, 3.05) is 44.5 Å². The van der Waals surface area contributed by atoms with Crippen LogP contribution in [0.2, 0.25) is 0 Å². The normalized spacial score (nSPS) is 21.2. The van der Waals surface area contributed by atoms with E-state index in [4.69, 9.17) is 14.5 Å². The minimum atomic E-state index is -3.23. The number of carbonyl (C=O) groups is 1. The molecule has 1 atom stereocenters. The van der Waals surface area contributed by atoms with E-state index in [-0.39, 0.29) is 17.9 Å². The third-order valence-corrected chi connectivity index (χ3v) is 8.12. The summed E-state index contributed by atoms with van der Waals surface area (Å²) in [6.45, 7) is 1.92. The first-order valence-corrected chi connectivity index (χ1v) is 12.8. The molecule has 1 amide bonds. The highest BCUT2D eigenvalue weighted by atomic mass is 32.2. The fraction of sp³-hybridized carbons (Fsp3) is 0.600. The monoisotopic (exact) mass is 453 g/mol. The standard InChI is InChI=1S/C20H27N3O5S2/c1-27-16-6-3-7-17-18(16)21-20(29-17)23(13-15-5-4-12-28-15)19(24)14-8-10-22(11-9-14)30(2,25)26/h3,6-7,14-15H,4-5,8-13H2,1-2H3. The Labute approximate surface area is 180 Å². The highest BCUT2D eigenvalue weighted by Crippen LogP contribution is 2.36. The summed E-state index contributed by atoms with van der Waals surface area (Å²) >= 11 is 1.47. The van der Waals surface area contributed by atoms with Gasteiger partial charge < -0.3 is 9.47 Å². The van der Waals surface area contributed by atoms with Crippen molar-refractivity contribution in [3.8, 4) is 5.75 Å². The quantitative estimate of drug-likeness (QED) is 0.668. The predicted molar refractivity (Wildman–Crippen MR) is 117 cm³/mol. The molecule has 0 N–H and O–H groups in total. The Morgan fingerprint density at radius 1 is 1.33 bits per heavy atom. The molecular weight excluding hydrogens is 426 g/mol. The molecule has 3 heterocycles. The zero-order valence-corrected chi connectivity index (χ0v) is 18.9. The number of nitrogens with zero attached hydrogens (tertiary/aromatic N) is 3. The zero-order chi connectivity index (χ0) is 21.3. The molecule has 2 aliphatic heterocycles. The molecule has 2 fully saturated rings. The molecule has 164 valence electrons. The SMILES string of the molecule is COc1cccc2sc(N(CC3CCCO3)C(=O)C3CCN(S(C)(=O)=O)CC3)nc12. The Hall–Kier alpha value is -1.75. The lowest BCUT2D eigenvalue weighted by Gasteiger charge is -2.33. The Morgan fingerprint density at radius 2 is 2.10 bits per heavy atom. The Balaban J connectivity index is 1.59. The van der Waals surface area contributed by atoms with E-state index < -0.39 is 10.0 Å². The van der Waals surface area contributed by atoms with Crippen LogP contribution in [0.25, 0.3) is 10.2 Å². The van der Waals surface area contributed by atoms with Gasteiger partial charge in [0.15, 0.2) is 5.13 Å². The summed E-state index contributed by atoms with van der Waals surface area (Å²) in [5, 5.41) is 0.639. The van der Waals surface area contributed by atoms with Crippen LogP contribution in [0.5, 0.6) is 5.75 Å². The second kappa shape index (κ2) is 8.78. The van der Waals surface area contributed by atoms with E-state index >= 15 is 0 Å². The summed E-state index contributed by atoms with van der Waals surface area (Å²) in [5.41, 5.74) is 0.747. The van der Waals surface area contributed by atoms with Crippen LogP contribution in [-0.2, 0) is 19.6 Å². The molecule has 0 radical (unpaired) electrons. The highest BCUT2D eigenvalue weighted by molar-refractivity contribution is 7.88. The number of fused-ring (bicyclic) bond motifs is 1. The average molecular weight is 454 g/mol. The number of thiazole rings is 1. The first-order chi connectivity index (χ1) is 14.4. The molecule has 2 aromatic rings. The van der Waals surface area contributed by atoms with Crippen molar-refractivity contribution in [2.24, 2.45) is 5.92 Å². The van der Waals surface area contributed by atoms with E-state index in [2.05, 4.69) is 0 Å². The summed E-state index contributed by atoms with van der Waals surface area (Å²) in [4.78, 5) is 20.0. The summed E-state index contributed by atoms with van der Waals surface area (Å²) < 4.78 is 37.2. The number of methoxy groups -OCH3 is 1. The number of aromatic nitrogens is 1. The molecule has 0 saturated carbocycles. The summed E-state index contributed by atoms with van der Waals surface area (Å²) in [5.74, 6) is 0.455. The van der Waals surface area contributed by atoms with Crippen LogP contribution in [-0.4, -0.2) is 69.3 Å². The molecule has 8 nitrogen and oxygen atoms in total. The lowest BCUT2D eigenvalue weighted by molar-refractivity contribution is -0.123. The number of sulfonamides is 1. The largest absolute Gasteiger partial charge is 0.494 e. The van der Waals surface area contributed by atoms with Gasteiger partial charge in [-0.2, -0.15) is 0 Å². The lowest BCUT2D eigenvalue weighted by atomic mass is 9.96. The number of hydrogen-bond donors (Lipinski definition) is 0. The Morgan fingerprint density at radius 3 is 2.73 bits per heavy atom. The van der Waals surface area contributed by atoms with Crippen molar-refractivity contribution < 1.29 is 22.7 Å². The molecule has 4 rings (SSSR count). The van der Waals surface area contributed by atoms with Gasteiger partial charge >= 0.3 is 0 Å². The Kier molecular flexibility index (Phi) is 6.29. The van der Waals surface area contributed by atoms with Crippen LogP contribution >= 0.6 is 11.3 Å². The first-order valence-electron chi connectivity index (χ1n) is 10.2. The van der Waals surface area contributed by atoms with Gasteiger partial charge in [-0.15, -0.1) is 0 Å². The van der Waals surface area contributed by atoms with E-state index in [0.29, 0.717) is 50.0 Å². The van der Waals surface area contributed by atoms with Crippen LogP contribution < -0.4 is 9.64 Å². The smallest absolute Gasteiger partial charge is 0.232 e. The molecular formula is C20H27N3O5S2. The van der Waals surface area contributed by atoms with Gasteiger partial charge in [-0.1, -0.05) is 17.4 Å². The average Bonchev–Trinajstić information content (AvgIpc) is 3.40. The van der Waals surface area contributed by atoms with Crippen molar-refractivity contribution in [1.82, 2.24) is 9.29 Å². The maximum absolute atomic E-state index is 13.5. The van der Waals surface area contributed by atoms with E-state index in [1.807, 2.05) is 18.2 Å². The van der Waals surface area contributed by atoms with Gasteiger partial charge in [0.2, 0.25) is 15.9 Å². The van der Waals surface area contributed by atoms with Gasteiger partial charge in [0, 0.05) is 25.6 Å². The molecule has 0 bridgehead atoms. The van der Waals surface area contributed by atoms with Crippen molar-refractivity contribution >= 4 is 42.6 Å². The number of ether oxygens (including phenoxy) is 2. The van der Waals surface area contributed by atoms with Crippen molar-refractivity contribution in [3.63, 3.8) is 0 Å². The number of amides is 1. The van der Waals surface area contributed by atoms with Crippen LogP contribution in [0.15, 0.2) is 18.2 Å². The third kappa shape index (κ3) is 4.46. The van der Waals surface area contributed by atoms with Crippen LogP contribution in [0, 0.1) is 5.92 Å². The fourth-order valence-electron chi connectivity index (χ4n) is 4.10. The number of anilines is 1. The van der Waals surface area contributed by atoms with Gasteiger partial charge in [0.1, 0.15) is 11.3 Å². The van der Waals surface area contributed by atoms with E-state index in [9.17, 15) is 13.2 Å². The minimum absolute atomic E-state index is 0.000957. The van der Waals surface area contributed by atoms with E-state index in [1.165, 1.54) is 21.9 Å². The first kappa shape index (κ1) is 21.5. The number of benzene rings is 1. The maximum atomic E-state index is 13.5. The van der Waals surface area contributed by atoms with Gasteiger partial charge in [-0.3, -0.25) is 9.69 Å². The van der Waals surface area contributed by atoms with Crippen LogP contribution in [0.1, 0.15) is 25.7 Å². The number of carbonyl (C=O) groups excluding carboxylic acids is 1. The van der Waals surface area contributed by atoms with Gasteiger partial charge in [-0.25, -0.2) is 17.7 Å². The number of rotatable bonds is 6. The van der Waals surface area contributed by atoms with Crippen LogP contribution in [0.3, 0.4) is 0 Å². The topological polar surface area (TPSA) is 89.0 Å². The predicted octanol–water partition coefficient (Wildman–Crippen LogP) is 2.49. The number of para-hydroxylation sites is 1. The summed E-state index contributed by atoms with van der Waals surface area (Å²) in [6.07, 6.45) is 4.16.